The van der Waals surface area contributed by atoms with Gasteiger partial charge in [-0.25, -0.2) is 4.98 Å². The fourth-order valence-electron chi connectivity index (χ4n) is 3.66. The van der Waals surface area contributed by atoms with Crippen LogP contribution in [0.2, 0.25) is 0 Å². The number of ether oxygens (including phenoxy) is 1. The van der Waals surface area contributed by atoms with E-state index in [9.17, 15) is 0 Å². The van der Waals surface area contributed by atoms with E-state index in [4.69, 9.17) is 4.74 Å². The predicted octanol–water partition coefficient (Wildman–Crippen LogP) is 2.52. The van der Waals surface area contributed by atoms with Crippen molar-refractivity contribution in [2.45, 2.75) is 0 Å². The lowest BCUT2D eigenvalue weighted by Crippen LogP contribution is -2.47. The largest absolute Gasteiger partial charge is 0.497 e. The summed E-state index contributed by atoms with van der Waals surface area (Å²) in [6.07, 6.45) is 3.49. The molecule has 1 aliphatic heterocycles. The van der Waals surface area contributed by atoms with Crippen LogP contribution in [0.4, 0.5) is 11.5 Å². The molecule has 1 fully saturated rings. The molecule has 0 unspecified atom stereocenters. The summed E-state index contributed by atoms with van der Waals surface area (Å²) in [6.45, 7) is 3.56. The van der Waals surface area contributed by atoms with Crippen LogP contribution in [-0.4, -0.2) is 58.1 Å². The standard InChI is InChI=1S/C21H21N7O/c1-29-17-7-5-16(6-8-17)18-14-19(21-24-23-15-28(21)25-18)26-10-12-27(13-11-26)20-4-2-3-9-22-20/h2-9,14-15H,10-13H2,1H3. The third kappa shape index (κ3) is 3.33. The maximum absolute atomic E-state index is 5.26. The number of methoxy groups -OCH3 is 1. The Labute approximate surface area is 168 Å². The van der Waals surface area contributed by atoms with Crippen LogP contribution in [-0.2, 0) is 0 Å². The first-order valence-electron chi connectivity index (χ1n) is 9.58. The molecule has 0 radical (unpaired) electrons. The highest BCUT2D eigenvalue weighted by Crippen LogP contribution is 2.28. The van der Waals surface area contributed by atoms with E-state index in [-0.39, 0.29) is 0 Å². The summed E-state index contributed by atoms with van der Waals surface area (Å²) in [4.78, 5) is 9.12. The number of hydrogen-bond acceptors (Lipinski definition) is 7. The summed E-state index contributed by atoms with van der Waals surface area (Å²) in [5.74, 6) is 1.85. The number of piperazine rings is 1. The minimum absolute atomic E-state index is 0.772. The second-order valence-corrected chi connectivity index (χ2v) is 6.90. The Bertz CT molecular complexity index is 1100. The Morgan fingerprint density at radius 3 is 2.45 bits per heavy atom. The quantitative estimate of drug-likeness (QED) is 0.533. The molecule has 29 heavy (non-hydrogen) atoms. The van der Waals surface area contributed by atoms with E-state index in [1.54, 1.807) is 18.0 Å². The minimum Gasteiger partial charge on any atom is -0.497 e. The Hall–Kier alpha value is -3.68. The monoisotopic (exact) mass is 387 g/mol. The number of rotatable bonds is 4. The Balaban J connectivity index is 1.44. The Kier molecular flexibility index (Phi) is 4.44. The SMILES string of the molecule is COc1ccc(-c2cc(N3CCN(c4ccccn4)CC3)c3nncn3n2)cc1. The van der Waals surface area contributed by atoms with Gasteiger partial charge in [0.2, 0.25) is 5.65 Å². The van der Waals surface area contributed by atoms with Crippen molar-refractivity contribution in [2.24, 2.45) is 0 Å². The molecule has 0 spiro atoms. The molecule has 0 amide bonds. The van der Waals surface area contributed by atoms with Gasteiger partial charge in [0.25, 0.3) is 0 Å². The number of aromatic nitrogens is 5. The molecule has 0 saturated carbocycles. The molecular weight excluding hydrogens is 366 g/mol. The van der Waals surface area contributed by atoms with Crippen molar-refractivity contribution in [1.82, 2.24) is 24.8 Å². The molecule has 0 atom stereocenters. The zero-order valence-electron chi connectivity index (χ0n) is 16.1. The van der Waals surface area contributed by atoms with Crippen LogP contribution < -0.4 is 14.5 Å². The third-order valence-electron chi connectivity index (χ3n) is 5.23. The normalized spacial score (nSPS) is 14.4. The van der Waals surface area contributed by atoms with Crippen LogP contribution in [0, 0.1) is 0 Å². The lowest BCUT2D eigenvalue weighted by molar-refractivity contribution is 0.415. The number of anilines is 2. The highest BCUT2D eigenvalue weighted by atomic mass is 16.5. The molecule has 0 N–H and O–H groups in total. The van der Waals surface area contributed by atoms with Gasteiger partial charge in [0.15, 0.2) is 0 Å². The van der Waals surface area contributed by atoms with Gasteiger partial charge in [0, 0.05) is 37.9 Å². The third-order valence-corrected chi connectivity index (χ3v) is 5.23. The molecule has 146 valence electrons. The first-order valence-corrected chi connectivity index (χ1v) is 9.58. The van der Waals surface area contributed by atoms with Crippen molar-refractivity contribution in [3.05, 3.63) is 61.1 Å². The average molecular weight is 387 g/mol. The lowest BCUT2D eigenvalue weighted by Gasteiger charge is -2.36. The summed E-state index contributed by atoms with van der Waals surface area (Å²) >= 11 is 0. The van der Waals surface area contributed by atoms with Gasteiger partial charge in [0.05, 0.1) is 18.5 Å². The van der Waals surface area contributed by atoms with Crippen LogP contribution in [0.15, 0.2) is 61.1 Å². The summed E-state index contributed by atoms with van der Waals surface area (Å²) in [5.41, 5.74) is 3.72. The van der Waals surface area contributed by atoms with Crippen LogP contribution in [0.25, 0.3) is 16.9 Å². The zero-order chi connectivity index (χ0) is 19.6. The zero-order valence-corrected chi connectivity index (χ0v) is 16.1. The maximum atomic E-state index is 5.26. The van der Waals surface area contributed by atoms with E-state index < -0.39 is 0 Å². The van der Waals surface area contributed by atoms with Gasteiger partial charge in [0.1, 0.15) is 17.9 Å². The van der Waals surface area contributed by atoms with Crippen molar-refractivity contribution >= 4 is 17.2 Å². The van der Waals surface area contributed by atoms with Crippen molar-refractivity contribution < 1.29 is 4.74 Å². The molecule has 1 aromatic carbocycles. The molecule has 1 saturated heterocycles. The second kappa shape index (κ2) is 7.38. The molecule has 8 heteroatoms. The number of pyridine rings is 1. The summed E-state index contributed by atoms with van der Waals surface area (Å²) < 4.78 is 7.01. The van der Waals surface area contributed by atoms with E-state index in [1.165, 1.54) is 0 Å². The van der Waals surface area contributed by atoms with E-state index in [0.717, 1.165) is 60.3 Å². The van der Waals surface area contributed by atoms with E-state index in [0.29, 0.717) is 0 Å². The van der Waals surface area contributed by atoms with Crippen LogP contribution in [0.5, 0.6) is 5.75 Å². The summed E-state index contributed by atoms with van der Waals surface area (Å²) in [6, 6.07) is 16.0. The first-order chi connectivity index (χ1) is 14.3. The smallest absolute Gasteiger partial charge is 0.200 e. The molecule has 8 nitrogen and oxygen atoms in total. The highest BCUT2D eigenvalue weighted by Gasteiger charge is 2.22. The lowest BCUT2D eigenvalue weighted by atomic mass is 10.1. The molecule has 5 rings (SSSR count). The second-order valence-electron chi connectivity index (χ2n) is 6.90. The average Bonchev–Trinajstić information content (AvgIpc) is 3.28. The van der Waals surface area contributed by atoms with Crippen LogP contribution in [0.1, 0.15) is 0 Å². The van der Waals surface area contributed by atoms with Gasteiger partial charge in [-0.1, -0.05) is 6.07 Å². The van der Waals surface area contributed by atoms with Gasteiger partial charge in [-0.2, -0.15) is 9.61 Å². The van der Waals surface area contributed by atoms with Gasteiger partial charge >= 0.3 is 0 Å². The maximum Gasteiger partial charge on any atom is 0.200 e. The fraction of sp³-hybridized carbons (Fsp3) is 0.238. The van der Waals surface area contributed by atoms with Crippen LogP contribution >= 0.6 is 0 Å². The van der Waals surface area contributed by atoms with Crippen molar-refractivity contribution in [3.8, 4) is 17.0 Å². The number of fused-ring (bicyclic) bond motifs is 1. The van der Waals surface area contributed by atoms with Crippen molar-refractivity contribution in [3.63, 3.8) is 0 Å². The van der Waals surface area contributed by atoms with E-state index >= 15 is 0 Å². The molecule has 1 aliphatic rings. The topological polar surface area (TPSA) is 71.7 Å². The molecule has 4 aromatic rings. The minimum atomic E-state index is 0.772. The number of nitrogens with zero attached hydrogens (tertiary/aromatic N) is 7. The van der Waals surface area contributed by atoms with E-state index in [1.807, 2.05) is 42.6 Å². The van der Waals surface area contributed by atoms with Gasteiger partial charge < -0.3 is 14.5 Å². The predicted molar refractivity (Wildman–Crippen MR) is 111 cm³/mol. The van der Waals surface area contributed by atoms with Gasteiger partial charge in [-0.05, 0) is 42.5 Å². The van der Waals surface area contributed by atoms with Gasteiger partial charge in [-0.3, -0.25) is 0 Å². The summed E-state index contributed by atoms with van der Waals surface area (Å²) in [5, 5.41) is 13.0. The van der Waals surface area contributed by atoms with Gasteiger partial charge in [-0.15, -0.1) is 10.2 Å². The number of benzene rings is 1. The molecule has 0 aliphatic carbocycles. The Morgan fingerprint density at radius 1 is 0.931 bits per heavy atom. The van der Waals surface area contributed by atoms with Crippen molar-refractivity contribution in [1.29, 1.82) is 0 Å². The number of hydrogen-bond donors (Lipinski definition) is 0. The highest BCUT2D eigenvalue weighted by molar-refractivity contribution is 5.74. The molecular formula is C21H21N7O. The Morgan fingerprint density at radius 2 is 1.72 bits per heavy atom. The fourth-order valence-corrected chi connectivity index (χ4v) is 3.66. The molecule has 4 heterocycles. The first kappa shape index (κ1) is 17.4. The summed E-state index contributed by atoms with van der Waals surface area (Å²) in [7, 11) is 1.67. The molecule has 0 bridgehead atoms. The molecule has 3 aromatic heterocycles. The van der Waals surface area contributed by atoms with Crippen molar-refractivity contribution in [2.75, 3.05) is 43.1 Å². The van der Waals surface area contributed by atoms with E-state index in [2.05, 4.69) is 42.2 Å². The van der Waals surface area contributed by atoms with Crippen LogP contribution in [0.3, 0.4) is 0 Å².